The molecule has 0 spiro atoms. The van der Waals surface area contributed by atoms with Gasteiger partial charge in [-0.05, 0) is 51.5 Å². The molecular weight excluding hydrogens is 392 g/mol. The fourth-order valence-electron chi connectivity index (χ4n) is 4.90. The second kappa shape index (κ2) is 8.94. The van der Waals surface area contributed by atoms with Gasteiger partial charge < -0.3 is 10.2 Å². The van der Waals surface area contributed by atoms with Crippen molar-refractivity contribution in [3.8, 4) is 0 Å². The van der Waals surface area contributed by atoms with Crippen molar-refractivity contribution in [2.24, 2.45) is 13.0 Å². The molecule has 0 radical (unpaired) electrons. The van der Waals surface area contributed by atoms with Gasteiger partial charge in [-0.2, -0.15) is 5.10 Å². The summed E-state index contributed by atoms with van der Waals surface area (Å²) in [7, 11) is 1.85. The van der Waals surface area contributed by atoms with Crippen LogP contribution in [0.3, 0.4) is 0 Å². The molecule has 1 aliphatic carbocycles. The summed E-state index contributed by atoms with van der Waals surface area (Å²) in [5, 5.41) is 8.49. The van der Waals surface area contributed by atoms with E-state index < -0.39 is 0 Å². The number of hydrogen-bond donors (Lipinski definition) is 1. The highest BCUT2D eigenvalue weighted by Crippen LogP contribution is 2.24. The van der Waals surface area contributed by atoms with E-state index >= 15 is 0 Å². The van der Waals surface area contributed by atoms with Crippen LogP contribution in [-0.2, 0) is 11.8 Å². The number of carbonyl (C=O) groups excluding carboxylic acids is 2. The van der Waals surface area contributed by atoms with Gasteiger partial charge in [0.1, 0.15) is 0 Å². The van der Waals surface area contributed by atoms with Gasteiger partial charge in [0.25, 0.3) is 5.91 Å². The van der Waals surface area contributed by atoms with Crippen molar-refractivity contribution < 1.29 is 9.59 Å². The number of piperazine rings is 1. The van der Waals surface area contributed by atoms with E-state index in [1.165, 1.54) is 12.8 Å². The van der Waals surface area contributed by atoms with Crippen molar-refractivity contribution in [3.63, 3.8) is 0 Å². The van der Waals surface area contributed by atoms with E-state index in [1.807, 2.05) is 31.9 Å². The molecule has 2 aliphatic rings. The van der Waals surface area contributed by atoms with E-state index in [-0.39, 0.29) is 11.8 Å². The summed E-state index contributed by atoms with van der Waals surface area (Å²) in [6, 6.07) is 2.19. The smallest absolute Gasteiger partial charge is 0.254 e. The molecular formula is C23H34N6O2. The van der Waals surface area contributed by atoms with Crippen molar-refractivity contribution in [2.75, 3.05) is 32.7 Å². The Morgan fingerprint density at radius 1 is 1.10 bits per heavy atom. The van der Waals surface area contributed by atoms with E-state index in [0.717, 1.165) is 41.2 Å². The lowest BCUT2D eigenvalue weighted by Crippen LogP contribution is -2.52. The van der Waals surface area contributed by atoms with Gasteiger partial charge in [-0.15, -0.1) is 0 Å². The lowest BCUT2D eigenvalue weighted by molar-refractivity contribution is -0.123. The molecule has 4 rings (SSSR count). The number of pyridine rings is 1. The summed E-state index contributed by atoms with van der Waals surface area (Å²) in [6.45, 7) is 9.17. The maximum atomic E-state index is 13.3. The molecule has 0 bridgehead atoms. The molecule has 2 fully saturated rings. The highest BCUT2D eigenvalue weighted by atomic mass is 16.2. The van der Waals surface area contributed by atoms with E-state index in [4.69, 9.17) is 0 Å². The van der Waals surface area contributed by atoms with E-state index in [0.29, 0.717) is 44.3 Å². The normalized spacial score (nSPS) is 22.6. The molecule has 1 aliphatic heterocycles. The van der Waals surface area contributed by atoms with E-state index in [2.05, 4.69) is 27.2 Å². The van der Waals surface area contributed by atoms with Crippen molar-refractivity contribution >= 4 is 22.8 Å². The van der Waals surface area contributed by atoms with Crippen LogP contribution >= 0.6 is 0 Å². The van der Waals surface area contributed by atoms with Gasteiger partial charge in [0, 0.05) is 45.0 Å². The second-order valence-electron chi connectivity index (χ2n) is 9.31. The van der Waals surface area contributed by atoms with Crippen molar-refractivity contribution in [1.29, 1.82) is 0 Å². The standard InChI is InChI=1S/C23H34N6O2/c1-15-5-7-18(8-6-15)25-20(30)14-28-9-11-29(12-10-28)23(31)19-13-16(2)24-22-21(19)17(3)26-27(22)4/h13,15,18H,5-12,14H2,1-4H3,(H,25,30). The van der Waals surface area contributed by atoms with Crippen LogP contribution in [-0.4, -0.2) is 75.1 Å². The molecule has 3 heterocycles. The topological polar surface area (TPSA) is 83.4 Å². The van der Waals surface area contributed by atoms with Crippen LogP contribution in [0, 0.1) is 19.8 Å². The molecule has 31 heavy (non-hydrogen) atoms. The molecule has 0 unspecified atom stereocenters. The van der Waals surface area contributed by atoms with Gasteiger partial charge in [-0.25, -0.2) is 4.98 Å². The van der Waals surface area contributed by atoms with Crippen molar-refractivity contribution in [1.82, 2.24) is 29.9 Å². The minimum Gasteiger partial charge on any atom is -0.352 e. The summed E-state index contributed by atoms with van der Waals surface area (Å²) >= 11 is 0. The van der Waals surface area contributed by atoms with Crippen LogP contribution in [0.5, 0.6) is 0 Å². The third kappa shape index (κ3) is 4.74. The molecule has 8 heteroatoms. The molecule has 2 amide bonds. The molecule has 1 saturated heterocycles. The summed E-state index contributed by atoms with van der Waals surface area (Å²) < 4.78 is 1.73. The number of rotatable bonds is 4. The summed E-state index contributed by atoms with van der Waals surface area (Å²) in [5.41, 5.74) is 3.05. The molecule has 2 aromatic rings. The zero-order valence-corrected chi connectivity index (χ0v) is 19.1. The van der Waals surface area contributed by atoms with Gasteiger partial charge in [-0.3, -0.25) is 19.2 Å². The number of hydrogen-bond acceptors (Lipinski definition) is 5. The van der Waals surface area contributed by atoms with Crippen LogP contribution in [0.4, 0.5) is 0 Å². The molecule has 1 saturated carbocycles. The lowest BCUT2D eigenvalue weighted by Gasteiger charge is -2.35. The molecule has 8 nitrogen and oxygen atoms in total. The van der Waals surface area contributed by atoms with Crippen LogP contribution in [0.2, 0.25) is 0 Å². The van der Waals surface area contributed by atoms with Gasteiger partial charge in [-0.1, -0.05) is 6.92 Å². The van der Waals surface area contributed by atoms with Crippen LogP contribution in [0.15, 0.2) is 6.07 Å². The highest BCUT2D eigenvalue weighted by molar-refractivity contribution is 6.06. The van der Waals surface area contributed by atoms with Crippen molar-refractivity contribution in [2.45, 2.75) is 52.5 Å². The zero-order valence-electron chi connectivity index (χ0n) is 19.1. The van der Waals surface area contributed by atoms with Gasteiger partial charge in [0.2, 0.25) is 5.91 Å². The van der Waals surface area contributed by atoms with Gasteiger partial charge in [0.15, 0.2) is 5.65 Å². The van der Waals surface area contributed by atoms with Crippen LogP contribution in [0.1, 0.15) is 54.4 Å². The number of fused-ring (bicyclic) bond motifs is 1. The molecule has 0 aromatic carbocycles. The quantitative estimate of drug-likeness (QED) is 0.809. The Hall–Kier alpha value is -2.48. The maximum Gasteiger partial charge on any atom is 0.254 e. The fourth-order valence-corrected chi connectivity index (χ4v) is 4.90. The fraction of sp³-hybridized carbons (Fsp3) is 0.652. The van der Waals surface area contributed by atoms with Gasteiger partial charge in [0.05, 0.1) is 23.2 Å². The number of aryl methyl sites for hydroxylation is 3. The zero-order chi connectivity index (χ0) is 22.1. The van der Waals surface area contributed by atoms with Gasteiger partial charge >= 0.3 is 0 Å². The van der Waals surface area contributed by atoms with E-state index in [1.54, 1.807) is 4.68 Å². The predicted octanol–water partition coefficient (Wildman–Crippen LogP) is 2.04. The van der Waals surface area contributed by atoms with Crippen LogP contribution in [0.25, 0.3) is 11.0 Å². The Morgan fingerprint density at radius 3 is 2.45 bits per heavy atom. The number of nitrogens with zero attached hydrogens (tertiary/aromatic N) is 5. The molecule has 2 aromatic heterocycles. The minimum absolute atomic E-state index is 0.0204. The number of amides is 2. The van der Waals surface area contributed by atoms with Crippen molar-refractivity contribution in [3.05, 3.63) is 23.0 Å². The third-order valence-corrected chi connectivity index (χ3v) is 6.73. The number of aromatic nitrogens is 3. The second-order valence-corrected chi connectivity index (χ2v) is 9.31. The molecule has 0 atom stereocenters. The number of carbonyl (C=O) groups is 2. The summed E-state index contributed by atoms with van der Waals surface area (Å²) in [4.78, 5) is 34.4. The first-order chi connectivity index (χ1) is 14.8. The van der Waals surface area contributed by atoms with E-state index in [9.17, 15) is 9.59 Å². The maximum absolute atomic E-state index is 13.3. The summed E-state index contributed by atoms with van der Waals surface area (Å²) in [5.74, 6) is 0.906. The Balaban J connectivity index is 1.34. The lowest BCUT2D eigenvalue weighted by atomic mass is 9.87. The Bertz CT molecular complexity index is 968. The minimum atomic E-state index is 0.0204. The first-order valence-electron chi connectivity index (χ1n) is 11.4. The van der Waals surface area contributed by atoms with Crippen LogP contribution < -0.4 is 5.32 Å². The first-order valence-corrected chi connectivity index (χ1v) is 11.4. The summed E-state index contributed by atoms with van der Waals surface area (Å²) in [6.07, 6.45) is 4.57. The Labute approximate surface area is 184 Å². The largest absolute Gasteiger partial charge is 0.352 e. The Kier molecular flexibility index (Phi) is 6.27. The highest BCUT2D eigenvalue weighted by Gasteiger charge is 2.27. The number of nitrogens with one attached hydrogen (secondary N) is 1. The monoisotopic (exact) mass is 426 g/mol. The third-order valence-electron chi connectivity index (χ3n) is 6.73. The Morgan fingerprint density at radius 2 is 1.77 bits per heavy atom. The average molecular weight is 427 g/mol. The molecule has 168 valence electrons. The average Bonchev–Trinajstić information content (AvgIpc) is 3.02. The SMILES string of the molecule is Cc1cc(C(=O)N2CCN(CC(=O)NC3CCC(C)CC3)CC2)c2c(C)nn(C)c2n1. The molecule has 1 N–H and O–H groups in total. The predicted molar refractivity (Wildman–Crippen MR) is 120 cm³/mol. The first kappa shape index (κ1) is 21.7.